The fraction of sp³-hybridized carbons (Fsp3) is 0.600. The van der Waals surface area contributed by atoms with Crippen LogP contribution in [0.2, 0.25) is 0 Å². The molecule has 128 valence electrons. The number of cyclic esters (lactones) is 1. The zero-order valence-electron chi connectivity index (χ0n) is 13.5. The fourth-order valence-corrected chi connectivity index (χ4v) is 1.68. The topological polar surface area (TPSA) is 105 Å². The number of hydrogen-bond donors (Lipinski definition) is 0. The normalized spacial score (nSPS) is 20.4. The second-order valence-corrected chi connectivity index (χ2v) is 6.03. The highest BCUT2D eigenvalue weighted by Gasteiger charge is 2.46. The third-order valence-electron chi connectivity index (χ3n) is 2.63. The molecule has 8 nitrogen and oxygen atoms in total. The van der Waals surface area contributed by atoms with Gasteiger partial charge in [-0.15, -0.1) is 0 Å². The van der Waals surface area contributed by atoms with E-state index in [-0.39, 0.29) is 12.2 Å². The Morgan fingerprint density at radius 2 is 1.91 bits per heavy atom. The van der Waals surface area contributed by atoms with Crippen LogP contribution in [-0.2, 0) is 38.1 Å². The molecule has 1 fully saturated rings. The quantitative estimate of drug-likeness (QED) is 0.311. The van der Waals surface area contributed by atoms with E-state index in [2.05, 4.69) is 6.58 Å². The van der Waals surface area contributed by atoms with E-state index in [9.17, 15) is 19.2 Å². The Hall–Kier alpha value is -2.38. The summed E-state index contributed by atoms with van der Waals surface area (Å²) >= 11 is 0. The summed E-state index contributed by atoms with van der Waals surface area (Å²) in [7, 11) is 0. The highest BCUT2D eigenvalue weighted by Crippen LogP contribution is 2.21. The molecule has 0 aromatic carbocycles. The van der Waals surface area contributed by atoms with Gasteiger partial charge in [0.05, 0.1) is 0 Å². The smallest absolute Gasteiger partial charge is 0.344 e. The average molecular weight is 328 g/mol. The molecule has 0 aliphatic carbocycles. The van der Waals surface area contributed by atoms with Gasteiger partial charge < -0.3 is 18.9 Å². The van der Waals surface area contributed by atoms with Crippen molar-refractivity contribution in [2.45, 2.75) is 39.4 Å². The SMILES string of the molecule is C=C(C)C(=O)OC1COC(=O)C1C(=O)OCC(=O)OC(C)(C)C. The summed E-state index contributed by atoms with van der Waals surface area (Å²) in [5.41, 5.74) is -0.611. The van der Waals surface area contributed by atoms with Crippen LogP contribution < -0.4 is 0 Å². The zero-order chi connectivity index (χ0) is 17.8. The first kappa shape index (κ1) is 18.7. The van der Waals surface area contributed by atoms with Gasteiger partial charge in [-0.05, 0) is 27.7 Å². The van der Waals surface area contributed by atoms with Gasteiger partial charge in [0.25, 0.3) is 0 Å². The van der Waals surface area contributed by atoms with E-state index in [1.807, 2.05) is 0 Å². The largest absolute Gasteiger partial charge is 0.461 e. The molecule has 2 atom stereocenters. The number of hydrogen-bond acceptors (Lipinski definition) is 8. The molecule has 23 heavy (non-hydrogen) atoms. The minimum absolute atomic E-state index is 0.116. The first-order valence-electron chi connectivity index (χ1n) is 6.93. The first-order valence-corrected chi connectivity index (χ1v) is 6.93. The number of ether oxygens (including phenoxy) is 4. The van der Waals surface area contributed by atoms with Gasteiger partial charge in [-0.25, -0.2) is 9.59 Å². The lowest BCUT2D eigenvalue weighted by Gasteiger charge is -2.20. The third kappa shape index (κ3) is 5.72. The van der Waals surface area contributed by atoms with Crippen LogP contribution >= 0.6 is 0 Å². The maximum Gasteiger partial charge on any atom is 0.344 e. The lowest BCUT2D eigenvalue weighted by molar-refractivity contribution is -0.172. The summed E-state index contributed by atoms with van der Waals surface area (Å²) in [5.74, 6) is -4.83. The van der Waals surface area contributed by atoms with Gasteiger partial charge in [0, 0.05) is 5.57 Å². The Labute approximate surface area is 133 Å². The molecule has 0 bridgehead atoms. The van der Waals surface area contributed by atoms with Crippen molar-refractivity contribution in [3.63, 3.8) is 0 Å². The highest BCUT2D eigenvalue weighted by atomic mass is 16.6. The monoisotopic (exact) mass is 328 g/mol. The van der Waals surface area contributed by atoms with Crippen LogP contribution in [0.5, 0.6) is 0 Å². The van der Waals surface area contributed by atoms with Crippen LogP contribution in [0, 0.1) is 5.92 Å². The van der Waals surface area contributed by atoms with E-state index >= 15 is 0 Å². The number of carbonyl (C=O) groups excluding carboxylic acids is 4. The van der Waals surface area contributed by atoms with E-state index in [1.165, 1.54) is 6.92 Å². The number of esters is 4. The molecule has 0 aromatic heterocycles. The van der Waals surface area contributed by atoms with Crippen molar-refractivity contribution in [3.8, 4) is 0 Å². The van der Waals surface area contributed by atoms with Gasteiger partial charge in [-0.2, -0.15) is 0 Å². The molecule has 1 aliphatic heterocycles. The Balaban J connectivity index is 2.61. The maximum absolute atomic E-state index is 11.9. The van der Waals surface area contributed by atoms with Crippen LogP contribution in [0.1, 0.15) is 27.7 Å². The molecule has 0 aromatic rings. The lowest BCUT2D eigenvalue weighted by atomic mass is 10.1. The summed E-state index contributed by atoms with van der Waals surface area (Å²) in [6.07, 6.45) is -1.11. The molecule has 1 aliphatic rings. The van der Waals surface area contributed by atoms with Gasteiger partial charge in [0.2, 0.25) is 0 Å². The number of rotatable bonds is 5. The number of carbonyl (C=O) groups is 4. The van der Waals surface area contributed by atoms with Crippen LogP contribution in [0.25, 0.3) is 0 Å². The van der Waals surface area contributed by atoms with Crippen molar-refractivity contribution in [1.29, 1.82) is 0 Å². The molecule has 1 rings (SSSR count). The molecule has 0 spiro atoms. The average Bonchev–Trinajstić information content (AvgIpc) is 2.75. The van der Waals surface area contributed by atoms with Crippen molar-refractivity contribution in [2.75, 3.05) is 13.2 Å². The standard InChI is InChI=1S/C15H20O8/c1-8(2)12(17)22-9-6-20-13(18)11(9)14(19)21-7-10(16)23-15(3,4)5/h9,11H,1,6-7H2,2-5H3. The van der Waals surface area contributed by atoms with Crippen LogP contribution in [0.4, 0.5) is 0 Å². The molecule has 0 amide bonds. The molecule has 0 radical (unpaired) electrons. The summed E-state index contributed by atoms with van der Waals surface area (Å²) in [6.45, 7) is 8.90. The maximum atomic E-state index is 11.9. The Kier molecular flexibility index (Phi) is 5.89. The van der Waals surface area contributed by atoms with Crippen molar-refractivity contribution in [2.24, 2.45) is 5.92 Å². The van der Waals surface area contributed by atoms with Gasteiger partial charge >= 0.3 is 23.9 Å². The minimum Gasteiger partial charge on any atom is -0.461 e. The molecule has 1 saturated heterocycles. The molecule has 1 heterocycles. The van der Waals surface area contributed by atoms with Crippen LogP contribution in [0.3, 0.4) is 0 Å². The second-order valence-electron chi connectivity index (χ2n) is 6.03. The van der Waals surface area contributed by atoms with Crippen molar-refractivity contribution < 1.29 is 38.1 Å². The molecule has 0 saturated carbocycles. The van der Waals surface area contributed by atoms with E-state index in [0.717, 1.165) is 0 Å². The summed E-state index contributed by atoms with van der Waals surface area (Å²) in [4.78, 5) is 46.5. The van der Waals surface area contributed by atoms with E-state index in [0.29, 0.717) is 0 Å². The molecular weight excluding hydrogens is 308 g/mol. The molecule has 0 N–H and O–H groups in total. The second kappa shape index (κ2) is 7.26. The fourth-order valence-electron chi connectivity index (χ4n) is 1.68. The zero-order valence-corrected chi connectivity index (χ0v) is 13.5. The van der Waals surface area contributed by atoms with E-state index in [4.69, 9.17) is 18.9 Å². The molecule has 8 heteroatoms. The predicted octanol–water partition coefficient (Wildman–Crippen LogP) is 0.532. The van der Waals surface area contributed by atoms with Gasteiger partial charge in [-0.3, -0.25) is 9.59 Å². The van der Waals surface area contributed by atoms with E-state index < -0.39 is 48.1 Å². The lowest BCUT2D eigenvalue weighted by Crippen LogP contribution is -2.36. The summed E-state index contributed by atoms with van der Waals surface area (Å²) in [5, 5.41) is 0. The van der Waals surface area contributed by atoms with E-state index in [1.54, 1.807) is 20.8 Å². The van der Waals surface area contributed by atoms with Gasteiger partial charge in [0.1, 0.15) is 12.2 Å². The van der Waals surface area contributed by atoms with Crippen LogP contribution in [-0.4, -0.2) is 48.8 Å². The Morgan fingerprint density at radius 1 is 1.30 bits per heavy atom. The minimum atomic E-state index is -1.43. The molecule has 2 unspecified atom stereocenters. The van der Waals surface area contributed by atoms with Gasteiger partial charge in [-0.1, -0.05) is 6.58 Å². The third-order valence-corrected chi connectivity index (χ3v) is 2.63. The highest BCUT2D eigenvalue weighted by molar-refractivity contribution is 5.98. The van der Waals surface area contributed by atoms with Gasteiger partial charge in [0.15, 0.2) is 18.6 Å². The summed E-state index contributed by atoms with van der Waals surface area (Å²) < 4.78 is 19.4. The Morgan fingerprint density at radius 3 is 2.43 bits per heavy atom. The molecular formula is C15H20O8. The summed E-state index contributed by atoms with van der Waals surface area (Å²) in [6, 6.07) is 0. The predicted molar refractivity (Wildman–Crippen MR) is 75.9 cm³/mol. The van der Waals surface area contributed by atoms with Crippen molar-refractivity contribution >= 4 is 23.9 Å². The van der Waals surface area contributed by atoms with Crippen LogP contribution in [0.15, 0.2) is 12.2 Å². The van der Waals surface area contributed by atoms with Crippen molar-refractivity contribution in [3.05, 3.63) is 12.2 Å². The Bertz CT molecular complexity index is 528. The first-order chi connectivity index (χ1) is 10.5. The van der Waals surface area contributed by atoms with Crippen molar-refractivity contribution in [1.82, 2.24) is 0 Å².